The molecule has 0 heteroatoms. The summed E-state index contributed by atoms with van der Waals surface area (Å²) in [7, 11) is 0. The van der Waals surface area contributed by atoms with Crippen molar-refractivity contribution in [1.82, 2.24) is 0 Å². The third kappa shape index (κ3) is 9.52. The van der Waals surface area contributed by atoms with Crippen LogP contribution >= 0.6 is 0 Å². The quantitative estimate of drug-likeness (QED) is 0.374. The van der Waals surface area contributed by atoms with Crippen LogP contribution in [0.15, 0.2) is 36.5 Å². The van der Waals surface area contributed by atoms with Gasteiger partial charge >= 0.3 is 0 Å². The Balaban J connectivity index is 3.54. The summed E-state index contributed by atoms with van der Waals surface area (Å²) < 4.78 is 0. The lowest BCUT2D eigenvalue weighted by atomic mass is 10.0. The predicted molar refractivity (Wildman–Crippen MR) is 71.0 cm³/mol. The van der Waals surface area contributed by atoms with Crippen molar-refractivity contribution in [3.63, 3.8) is 0 Å². The number of allylic oxidation sites excluding steroid dienone is 4. The summed E-state index contributed by atoms with van der Waals surface area (Å²) >= 11 is 0. The van der Waals surface area contributed by atoms with Gasteiger partial charge in [0.05, 0.1) is 0 Å². The molecule has 0 nitrogen and oxygen atoms in total. The summed E-state index contributed by atoms with van der Waals surface area (Å²) in [6.07, 6.45) is 10.2. The second kappa shape index (κ2) is 8.52. The van der Waals surface area contributed by atoms with Gasteiger partial charge in [0.15, 0.2) is 0 Å². The van der Waals surface area contributed by atoms with E-state index in [0.717, 1.165) is 18.8 Å². The Morgan fingerprint density at radius 3 is 2.47 bits per heavy atom. The molecule has 0 aliphatic carbocycles. The van der Waals surface area contributed by atoms with E-state index in [1.807, 2.05) is 6.08 Å². The fourth-order valence-corrected chi connectivity index (χ4v) is 1.47. The normalized spacial score (nSPS) is 11.9. The minimum absolute atomic E-state index is 0.820. The highest BCUT2D eigenvalue weighted by Crippen LogP contribution is 2.15. The van der Waals surface area contributed by atoms with Crippen molar-refractivity contribution in [2.24, 2.45) is 5.92 Å². The van der Waals surface area contributed by atoms with Gasteiger partial charge < -0.3 is 0 Å². The van der Waals surface area contributed by atoms with Gasteiger partial charge in [-0.05, 0) is 38.5 Å². The predicted octanol–water partition coefficient (Wildman–Crippen LogP) is 5.28. The van der Waals surface area contributed by atoms with Crippen LogP contribution in [-0.4, -0.2) is 0 Å². The molecule has 0 unspecified atom stereocenters. The summed E-state index contributed by atoms with van der Waals surface area (Å²) in [5.41, 5.74) is 2.66. The molecule has 0 atom stereocenters. The van der Waals surface area contributed by atoms with Crippen LogP contribution in [0.2, 0.25) is 0 Å². The first-order chi connectivity index (χ1) is 7.06. The van der Waals surface area contributed by atoms with E-state index in [9.17, 15) is 0 Å². The smallest absolute Gasteiger partial charge is 0.0288 e. The lowest BCUT2D eigenvalue weighted by molar-refractivity contribution is 0.551. The molecule has 0 aromatic heterocycles. The summed E-state index contributed by atoms with van der Waals surface area (Å²) in [6.45, 7) is 14.5. The number of rotatable bonds is 8. The highest BCUT2D eigenvalue weighted by molar-refractivity contribution is 5.13. The Bertz CT molecular complexity index is 218. The molecule has 86 valence electrons. The minimum atomic E-state index is 0.820. The maximum Gasteiger partial charge on any atom is -0.0288 e. The molecular formula is C15H26. The van der Waals surface area contributed by atoms with Crippen molar-refractivity contribution in [3.8, 4) is 0 Å². The van der Waals surface area contributed by atoms with Gasteiger partial charge in [0.2, 0.25) is 0 Å². The molecule has 0 fully saturated rings. The molecule has 0 aromatic carbocycles. The van der Waals surface area contributed by atoms with E-state index >= 15 is 0 Å². The van der Waals surface area contributed by atoms with Gasteiger partial charge in [-0.15, -0.1) is 0 Å². The Hall–Kier alpha value is -0.780. The van der Waals surface area contributed by atoms with Crippen LogP contribution in [-0.2, 0) is 0 Å². The first kappa shape index (κ1) is 14.2. The van der Waals surface area contributed by atoms with Crippen LogP contribution in [0.5, 0.6) is 0 Å². The SMILES string of the molecule is C=CC(C)=CCCC(=C)CCCC(C)C. The molecule has 0 spiro atoms. The van der Waals surface area contributed by atoms with E-state index < -0.39 is 0 Å². The first-order valence-electron chi connectivity index (χ1n) is 6.02. The second-order valence-corrected chi connectivity index (χ2v) is 4.73. The van der Waals surface area contributed by atoms with Crippen molar-refractivity contribution in [2.45, 2.75) is 52.9 Å². The topological polar surface area (TPSA) is 0 Å². The van der Waals surface area contributed by atoms with Crippen molar-refractivity contribution in [2.75, 3.05) is 0 Å². The zero-order valence-corrected chi connectivity index (χ0v) is 10.7. The molecule has 0 aliphatic heterocycles. The Kier molecular flexibility index (Phi) is 8.08. The van der Waals surface area contributed by atoms with Gasteiger partial charge in [0, 0.05) is 0 Å². The van der Waals surface area contributed by atoms with Crippen molar-refractivity contribution in [1.29, 1.82) is 0 Å². The summed E-state index contributed by atoms with van der Waals surface area (Å²) in [5.74, 6) is 0.820. The van der Waals surface area contributed by atoms with Gasteiger partial charge in [-0.3, -0.25) is 0 Å². The fourth-order valence-electron chi connectivity index (χ4n) is 1.47. The fraction of sp³-hybridized carbons (Fsp3) is 0.600. The molecule has 15 heavy (non-hydrogen) atoms. The first-order valence-corrected chi connectivity index (χ1v) is 6.02. The molecule has 0 aromatic rings. The zero-order valence-electron chi connectivity index (χ0n) is 10.7. The lowest BCUT2D eigenvalue weighted by Gasteiger charge is -2.06. The van der Waals surface area contributed by atoms with Crippen molar-refractivity contribution in [3.05, 3.63) is 36.5 Å². The van der Waals surface area contributed by atoms with E-state index in [-0.39, 0.29) is 0 Å². The summed E-state index contributed by atoms with van der Waals surface area (Å²) in [6, 6.07) is 0. The maximum absolute atomic E-state index is 4.12. The van der Waals surface area contributed by atoms with Gasteiger partial charge in [-0.1, -0.05) is 56.7 Å². The monoisotopic (exact) mass is 206 g/mol. The van der Waals surface area contributed by atoms with Crippen LogP contribution < -0.4 is 0 Å². The average molecular weight is 206 g/mol. The third-order valence-electron chi connectivity index (χ3n) is 2.60. The lowest BCUT2D eigenvalue weighted by Crippen LogP contribution is -1.88. The Morgan fingerprint density at radius 1 is 1.27 bits per heavy atom. The molecule has 0 amide bonds. The Morgan fingerprint density at radius 2 is 1.93 bits per heavy atom. The van der Waals surface area contributed by atoms with E-state index in [2.05, 4.69) is 40.0 Å². The number of hydrogen-bond donors (Lipinski definition) is 0. The van der Waals surface area contributed by atoms with Crippen LogP contribution in [0.3, 0.4) is 0 Å². The van der Waals surface area contributed by atoms with Gasteiger partial charge in [0.1, 0.15) is 0 Å². The van der Waals surface area contributed by atoms with E-state index in [4.69, 9.17) is 0 Å². The van der Waals surface area contributed by atoms with E-state index in [1.165, 1.54) is 30.4 Å². The average Bonchev–Trinajstić information content (AvgIpc) is 2.17. The molecule has 0 heterocycles. The van der Waals surface area contributed by atoms with Gasteiger partial charge in [-0.2, -0.15) is 0 Å². The Labute approximate surface area is 95.8 Å². The van der Waals surface area contributed by atoms with Crippen LogP contribution in [0.4, 0.5) is 0 Å². The largest absolute Gasteiger partial charge is 0.0999 e. The van der Waals surface area contributed by atoms with Crippen LogP contribution in [0, 0.1) is 5.92 Å². The van der Waals surface area contributed by atoms with Crippen molar-refractivity contribution < 1.29 is 0 Å². The second-order valence-electron chi connectivity index (χ2n) is 4.73. The maximum atomic E-state index is 4.12. The molecule has 0 rings (SSSR count). The standard InChI is InChI=1S/C15H26/c1-6-14(4)10-8-12-15(5)11-7-9-13(2)3/h6,10,13H,1,5,7-9,11-12H2,2-4H3. The van der Waals surface area contributed by atoms with Crippen LogP contribution in [0.25, 0.3) is 0 Å². The summed E-state index contributed by atoms with van der Waals surface area (Å²) in [5, 5.41) is 0. The number of hydrogen-bond acceptors (Lipinski definition) is 0. The summed E-state index contributed by atoms with van der Waals surface area (Å²) in [4.78, 5) is 0. The van der Waals surface area contributed by atoms with E-state index in [1.54, 1.807) is 0 Å². The molecule has 0 aliphatic rings. The molecule has 0 bridgehead atoms. The molecule has 0 N–H and O–H groups in total. The molecule has 0 radical (unpaired) electrons. The van der Waals surface area contributed by atoms with Crippen LogP contribution in [0.1, 0.15) is 52.9 Å². The molecule has 0 saturated carbocycles. The molecular weight excluding hydrogens is 180 g/mol. The molecule has 0 saturated heterocycles. The highest BCUT2D eigenvalue weighted by atomic mass is 14.0. The zero-order chi connectivity index (χ0) is 11.7. The third-order valence-corrected chi connectivity index (χ3v) is 2.60. The van der Waals surface area contributed by atoms with Gasteiger partial charge in [-0.25, -0.2) is 0 Å². The minimum Gasteiger partial charge on any atom is -0.0999 e. The highest BCUT2D eigenvalue weighted by Gasteiger charge is 1.97. The van der Waals surface area contributed by atoms with E-state index in [0.29, 0.717) is 0 Å². The van der Waals surface area contributed by atoms with Crippen molar-refractivity contribution >= 4 is 0 Å². The van der Waals surface area contributed by atoms with Gasteiger partial charge in [0.25, 0.3) is 0 Å².